The van der Waals surface area contributed by atoms with Crippen molar-refractivity contribution >= 4 is 11.6 Å². The Balaban J connectivity index is 2.10. The molecule has 1 aromatic rings. The van der Waals surface area contributed by atoms with Crippen molar-refractivity contribution in [3.05, 3.63) is 34.9 Å². The van der Waals surface area contributed by atoms with Gasteiger partial charge in [0.15, 0.2) is 0 Å². The molecule has 0 spiro atoms. The monoisotopic (exact) mass is 222 g/mol. The van der Waals surface area contributed by atoms with Crippen molar-refractivity contribution in [2.75, 3.05) is 13.1 Å². The molecule has 1 N–H and O–H groups in total. The van der Waals surface area contributed by atoms with E-state index in [4.69, 9.17) is 16.9 Å². The maximum atomic E-state index is 8.34. The van der Waals surface area contributed by atoms with Crippen LogP contribution in [0.3, 0.4) is 0 Å². The minimum absolute atomic E-state index is 0.633. The van der Waals surface area contributed by atoms with Crippen molar-refractivity contribution < 1.29 is 0 Å². The minimum atomic E-state index is 0.633. The molecule has 0 aliphatic rings. The van der Waals surface area contributed by atoms with Crippen LogP contribution in [0, 0.1) is 11.3 Å². The first-order chi connectivity index (χ1) is 7.33. The number of nitriles is 1. The van der Waals surface area contributed by atoms with Crippen molar-refractivity contribution in [1.82, 2.24) is 5.32 Å². The third kappa shape index (κ3) is 5.41. The van der Waals surface area contributed by atoms with Crippen molar-refractivity contribution in [3.8, 4) is 6.07 Å². The Labute approximate surface area is 95.9 Å². The summed E-state index contributed by atoms with van der Waals surface area (Å²) in [6.45, 7) is 1.87. The van der Waals surface area contributed by atoms with Crippen molar-refractivity contribution in [2.45, 2.75) is 19.3 Å². The molecule has 2 nitrogen and oxygen atoms in total. The summed E-state index contributed by atoms with van der Waals surface area (Å²) in [5, 5.41) is 12.4. The van der Waals surface area contributed by atoms with E-state index in [-0.39, 0.29) is 0 Å². The Morgan fingerprint density at radius 1 is 1.20 bits per heavy atom. The molecule has 0 aliphatic heterocycles. The van der Waals surface area contributed by atoms with Gasteiger partial charge in [-0.2, -0.15) is 5.26 Å². The number of nitrogens with zero attached hydrogens (tertiary/aromatic N) is 1. The van der Waals surface area contributed by atoms with E-state index < -0.39 is 0 Å². The Kier molecular flexibility index (Phi) is 5.84. The predicted octanol–water partition coefficient (Wildman–Crippen LogP) is 2.78. The summed E-state index contributed by atoms with van der Waals surface area (Å²) in [5.41, 5.74) is 1.28. The van der Waals surface area contributed by atoms with Crippen LogP contribution in [0.4, 0.5) is 0 Å². The topological polar surface area (TPSA) is 35.8 Å². The largest absolute Gasteiger partial charge is 0.316 e. The summed E-state index contributed by atoms with van der Waals surface area (Å²) in [7, 11) is 0. The van der Waals surface area contributed by atoms with Gasteiger partial charge in [-0.1, -0.05) is 23.7 Å². The molecule has 0 aliphatic carbocycles. The summed E-state index contributed by atoms with van der Waals surface area (Å²) in [6, 6.07) is 10.0. The van der Waals surface area contributed by atoms with Crippen LogP contribution in [0.25, 0.3) is 0 Å². The molecule has 1 rings (SSSR count). The molecule has 0 unspecified atom stereocenters. The van der Waals surface area contributed by atoms with E-state index in [2.05, 4.69) is 11.4 Å². The first kappa shape index (κ1) is 12.0. The Morgan fingerprint density at radius 2 is 1.93 bits per heavy atom. The Morgan fingerprint density at radius 3 is 2.60 bits per heavy atom. The normalized spacial score (nSPS) is 9.87. The van der Waals surface area contributed by atoms with E-state index in [1.807, 2.05) is 24.3 Å². The number of benzene rings is 1. The third-order valence-corrected chi connectivity index (χ3v) is 2.40. The molecule has 0 saturated heterocycles. The van der Waals surface area contributed by atoms with Gasteiger partial charge < -0.3 is 5.32 Å². The molecule has 0 aromatic heterocycles. The molecule has 0 bridgehead atoms. The molecule has 0 saturated carbocycles. The van der Waals surface area contributed by atoms with E-state index in [0.717, 1.165) is 31.0 Å². The van der Waals surface area contributed by atoms with Crippen LogP contribution in [0.5, 0.6) is 0 Å². The molecule has 3 heteroatoms. The molecular formula is C12H15ClN2. The van der Waals surface area contributed by atoms with Crippen molar-refractivity contribution in [1.29, 1.82) is 5.26 Å². The zero-order chi connectivity index (χ0) is 10.9. The second-order valence-electron chi connectivity index (χ2n) is 3.39. The highest BCUT2D eigenvalue weighted by Crippen LogP contribution is 2.09. The molecule has 0 atom stereocenters. The van der Waals surface area contributed by atoms with E-state index in [0.29, 0.717) is 6.42 Å². The molecular weight excluding hydrogens is 208 g/mol. The second kappa shape index (κ2) is 7.28. The zero-order valence-electron chi connectivity index (χ0n) is 8.67. The smallest absolute Gasteiger partial charge is 0.0622 e. The number of hydrogen-bond acceptors (Lipinski definition) is 2. The Hall–Kier alpha value is -1.04. The maximum Gasteiger partial charge on any atom is 0.0622 e. The number of rotatable bonds is 6. The predicted molar refractivity (Wildman–Crippen MR) is 62.9 cm³/mol. The third-order valence-electron chi connectivity index (χ3n) is 2.15. The van der Waals surface area contributed by atoms with Gasteiger partial charge in [0.1, 0.15) is 0 Å². The molecule has 0 heterocycles. The molecule has 0 fully saturated rings. The zero-order valence-corrected chi connectivity index (χ0v) is 9.43. The number of unbranched alkanes of at least 4 members (excludes halogenated alkanes) is 1. The van der Waals surface area contributed by atoms with Gasteiger partial charge in [0.05, 0.1) is 6.07 Å². The van der Waals surface area contributed by atoms with Crippen molar-refractivity contribution in [3.63, 3.8) is 0 Å². The van der Waals surface area contributed by atoms with Gasteiger partial charge in [0.2, 0.25) is 0 Å². The lowest BCUT2D eigenvalue weighted by Gasteiger charge is -2.03. The van der Waals surface area contributed by atoms with Gasteiger partial charge in [-0.3, -0.25) is 0 Å². The molecule has 1 aromatic carbocycles. The van der Waals surface area contributed by atoms with Crippen LogP contribution in [0.2, 0.25) is 5.02 Å². The van der Waals surface area contributed by atoms with E-state index in [1.165, 1.54) is 5.56 Å². The van der Waals surface area contributed by atoms with Crippen LogP contribution >= 0.6 is 11.6 Å². The second-order valence-corrected chi connectivity index (χ2v) is 3.82. The summed E-state index contributed by atoms with van der Waals surface area (Å²) in [6.07, 6.45) is 2.56. The molecule has 0 amide bonds. The molecule has 15 heavy (non-hydrogen) atoms. The summed E-state index contributed by atoms with van der Waals surface area (Å²) >= 11 is 5.78. The van der Waals surface area contributed by atoms with Crippen LogP contribution < -0.4 is 5.32 Å². The average molecular weight is 223 g/mol. The summed E-state index contributed by atoms with van der Waals surface area (Å²) < 4.78 is 0. The number of halogens is 1. The van der Waals surface area contributed by atoms with Crippen LogP contribution in [0.15, 0.2) is 24.3 Å². The fraction of sp³-hybridized carbons (Fsp3) is 0.417. The van der Waals surface area contributed by atoms with E-state index >= 15 is 0 Å². The van der Waals surface area contributed by atoms with Crippen molar-refractivity contribution in [2.24, 2.45) is 0 Å². The fourth-order valence-corrected chi connectivity index (χ4v) is 1.43. The average Bonchev–Trinajstić information content (AvgIpc) is 2.26. The van der Waals surface area contributed by atoms with Crippen LogP contribution in [0.1, 0.15) is 18.4 Å². The standard InChI is InChI=1S/C12H15ClN2/c13-12-5-3-11(4-6-12)7-10-15-9-2-1-8-14/h3-6,15H,1-2,7,9-10H2. The minimum Gasteiger partial charge on any atom is -0.316 e. The van der Waals surface area contributed by atoms with Crippen LogP contribution in [-0.2, 0) is 6.42 Å². The van der Waals surface area contributed by atoms with E-state index in [9.17, 15) is 0 Å². The molecule has 80 valence electrons. The first-order valence-electron chi connectivity index (χ1n) is 5.15. The lowest BCUT2D eigenvalue weighted by Crippen LogP contribution is -2.18. The lowest BCUT2D eigenvalue weighted by molar-refractivity contribution is 0.655. The highest BCUT2D eigenvalue weighted by Gasteiger charge is 1.93. The SMILES string of the molecule is N#CCCCNCCc1ccc(Cl)cc1. The van der Waals surface area contributed by atoms with Gasteiger partial charge in [0.25, 0.3) is 0 Å². The number of nitrogens with one attached hydrogen (secondary N) is 1. The lowest BCUT2D eigenvalue weighted by atomic mass is 10.1. The Bertz CT molecular complexity index is 313. The summed E-state index contributed by atoms with van der Waals surface area (Å²) in [5.74, 6) is 0. The van der Waals surface area contributed by atoms with E-state index in [1.54, 1.807) is 0 Å². The van der Waals surface area contributed by atoms with Gasteiger partial charge >= 0.3 is 0 Å². The van der Waals surface area contributed by atoms with Gasteiger partial charge in [-0.25, -0.2) is 0 Å². The van der Waals surface area contributed by atoms with Gasteiger partial charge in [0, 0.05) is 11.4 Å². The van der Waals surface area contributed by atoms with Gasteiger partial charge in [-0.05, 0) is 43.6 Å². The number of hydrogen-bond donors (Lipinski definition) is 1. The molecule has 0 radical (unpaired) electrons. The fourth-order valence-electron chi connectivity index (χ4n) is 1.30. The highest BCUT2D eigenvalue weighted by atomic mass is 35.5. The maximum absolute atomic E-state index is 8.34. The highest BCUT2D eigenvalue weighted by molar-refractivity contribution is 6.30. The van der Waals surface area contributed by atoms with Gasteiger partial charge in [-0.15, -0.1) is 0 Å². The first-order valence-corrected chi connectivity index (χ1v) is 5.53. The quantitative estimate of drug-likeness (QED) is 0.752. The van der Waals surface area contributed by atoms with Crippen LogP contribution in [-0.4, -0.2) is 13.1 Å². The summed E-state index contributed by atoms with van der Waals surface area (Å²) in [4.78, 5) is 0.